The summed E-state index contributed by atoms with van der Waals surface area (Å²) >= 11 is 4.72. The van der Waals surface area contributed by atoms with Gasteiger partial charge in [0.15, 0.2) is 5.78 Å². The number of thiophene rings is 1. The largest absolute Gasteiger partial charge is 0.480 e. The number of hydrogen-bond acceptors (Lipinski definition) is 6. The number of halogens is 1. The summed E-state index contributed by atoms with van der Waals surface area (Å²) < 4.78 is 11.4. The van der Waals surface area contributed by atoms with Crippen molar-refractivity contribution in [1.29, 1.82) is 0 Å². The fourth-order valence-corrected chi connectivity index (χ4v) is 3.49. The van der Waals surface area contributed by atoms with Gasteiger partial charge in [-0.3, -0.25) is 9.59 Å². The van der Waals surface area contributed by atoms with E-state index in [1.54, 1.807) is 13.0 Å². The molecule has 7 heteroatoms. The van der Waals surface area contributed by atoms with Crippen molar-refractivity contribution < 1.29 is 19.1 Å². The number of ether oxygens (including phenoxy) is 2. The Bertz CT molecular complexity index is 698. The number of carbonyl (C=O) groups is 2. The minimum Gasteiger partial charge on any atom is -0.480 e. The molecule has 0 aliphatic heterocycles. The summed E-state index contributed by atoms with van der Waals surface area (Å²) in [4.78, 5) is 28.5. The van der Waals surface area contributed by atoms with Crippen LogP contribution in [0, 0.1) is 5.92 Å². The molecule has 21 heavy (non-hydrogen) atoms. The van der Waals surface area contributed by atoms with Gasteiger partial charge in [-0.15, -0.1) is 11.3 Å². The SMILES string of the molecule is COC(=O)C(C)CC(=O)c1cc2nc(OC)c(Br)cc2s1. The third-order valence-corrected chi connectivity index (χ3v) is 4.67. The molecule has 2 aromatic heterocycles. The molecule has 0 radical (unpaired) electrons. The second kappa shape index (κ2) is 6.53. The van der Waals surface area contributed by atoms with Crippen molar-refractivity contribution in [1.82, 2.24) is 4.98 Å². The molecular formula is C14H14BrNO4S. The molecule has 1 unspecified atom stereocenters. The maximum Gasteiger partial charge on any atom is 0.308 e. The van der Waals surface area contributed by atoms with Crippen LogP contribution in [-0.4, -0.2) is 31.0 Å². The summed E-state index contributed by atoms with van der Waals surface area (Å²) in [5.74, 6) is -0.456. The molecule has 2 aromatic rings. The van der Waals surface area contributed by atoms with Crippen LogP contribution in [0.4, 0.5) is 0 Å². The van der Waals surface area contributed by atoms with Gasteiger partial charge in [-0.1, -0.05) is 6.92 Å². The van der Waals surface area contributed by atoms with Crippen LogP contribution in [0.5, 0.6) is 5.88 Å². The van der Waals surface area contributed by atoms with Crippen LogP contribution < -0.4 is 4.74 Å². The minimum atomic E-state index is -0.457. The van der Waals surface area contributed by atoms with E-state index in [1.807, 2.05) is 6.07 Å². The van der Waals surface area contributed by atoms with E-state index in [0.29, 0.717) is 16.3 Å². The Kier molecular flexibility index (Phi) is 4.95. The van der Waals surface area contributed by atoms with Crippen molar-refractivity contribution in [3.63, 3.8) is 0 Å². The van der Waals surface area contributed by atoms with Gasteiger partial charge in [-0.2, -0.15) is 0 Å². The maximum absolute atomic E-state index is 12.2. The molecule has 0 spiro atoms. The zero-order valence-electron chi connectivity index (χ0n) is 11.8. The fraction of sp³-hybridized carbons (Fsp3) is 0.357. The third-order valence-electron chi connectivity index (χ3n) is 2.99. The van der Waals surface area contributed by atoms with E-state index in [4.69, 9.17) is 4.74 Å². The number of carbonyl (C=O) groups excluding carboxylic acids is 2. The lowest BCUT2D eigenvalue weighted by molar-refractivity contribution is -0.144. The average molecular weight is 372 g/mol. The van der Waals surface area contributed by atoms with Gasteiger partial charge in [0.2, 0.25) is 5.88 Å². The summed E-state index contributed by atoms with van der Waals surface area (Å²) in [6.45, 7) is 1.68. The number of Topliss-reactive ketones (excluding diaryl/α,β-unsaturated/α-hetero) is 1. The highest BCUT2D eigenvalue weighted by Gasteiger charge is 2.20. The van der Waals surface area contributed by atoms with Crippen molar-refractivity contribution in [2.75, 3.05) is 14.2 Å². The van der Waals surface area contributed by atoms with Crippen LogP contribution in [0.2, 0.25) is 0 Å². The Morgan fingerprint density at radius 3 is 2.71 bits per heavy atom. The summed E-state index contributed by atoms with van der Waals surface area (Å²) in [7, 11) is 2.85. The molecule has 2 heterocycles. The quantitative estimate of drug-likeness (QED) is 0.594. The molecule has 112 valence electrons. The number of rotatable bonds is 5. The number of esters is 1. The zero-order valence-corrected chi connectivity index (χ0v) is 14.2. The van der Waals surface area contributed by atoms with E-state index in [9.17, 15) is 9.59 Å². The fourth-order valence-electron chi connectivity index (χ4n) is 1.87. The summed E-state index contributed by atoms with van der Waals surface area (Å²) in [6, 6.07) is 3.59. The Balaban J connectivity index is 2.26. The smallest absolute Gasteiger partial charge is 0.308 e. The van der Waals surface area contributed by atoms with Gasteiger partial charge in [0.1, 0.15) is 0 Å². The van der Waals surface area contributed by atoms with E-state index in [2.05, 4.69) is 25.7 Å². The topological polar surface area (TPSA) is 65.5 Å². The Morgan fingerprint density at radius 1 is 1.38 bits per heavy atom. The standard InChI is InChI=1S/C14H14BrNO4S/c1-7(14(18)20-3)4-10(17)12-6-9-11(21-12)5-8(15)13(16-9)19-2/h5-7H,4H2,1-3H3. The van der Waals surface area contributed by atoms with Crippen LogP contribution in [-0.2, 0) is 9.53 Å². The summed E-state index contributed by atoms with van der Waals surface area (Å²) in [6.07, 6.45) is 0.123. The highest BCUT2D eigenvalue weighted by molar-refractivity contribution is 9.10. The lowest BCUT2D eigenvalue weighted by Crippen LogP contribution is -2.16. The Labute approximate surface area is 134 Å². The van der Waals surface area contributed by atoms with Gasteiger partial charge in [0, 0.05) is 6.42 Å². The number of methoxy groups -OCH3 is 2. The first-order valence-corrected chi connectivity index (χ1v) is 7.82. The highest BCUT2D eigenvalue weighted by atomic mass is 79.9. The lowest BCUT2D eigenvalue weighted by Gasteiger charge is -2.06. The van der Waals surface area contributed by atoms with Crippen LogP contribution in [0.25, 0.3) is 10.2 Å². The van der Waals surface area contributed by atoms with Crippen molar-refractivity contribution in [3.05, 3.63) is 21.5 Å². The van der Waals surface area contributed by atoms with Gasteiger partial charge in [0.25, 0.3) is 0 Å². The normalized spacial score (nSPS) is 12.2. The molecule has 2 rings (SSSR count). The number of ketones is 1. The Hall–Kier alpha value is -1.47. The van der Waals surface area contributed by atoms with Crippen LogP contribution in [0.1, 0.15) is 23.0 Å². The van der Waals surface area contributed by atoms with Crippen molar-refractivity contribution in [2.45, 2.75) is 13.3 Å². The van der Waals surface area contributed by atoms with Crippen molar-refractivity contribution in [3.8, 4) is 5.88 Å². The second-order valence-corrected chi connectivity index (χ2v) is 6.46. The molecule has 0 bridgehead atoms. The molecule has 0 N–H and O–H groups in total. The number of hydrogen-bond donors (Lipinski definition) is 0. The first kappa shape index (κ1) is 15.9. The molecule has 0 aliphatic carbocycles. The van der Waals surface area contributed by atoms with E-state index in [1.165, 1.54) is 25.6 Å². The molecule has 0 saturated heterocycles. The maximum atomic E-state index is 12.2. The average Bonchev–Trinajstić information content (AvgIpc) is 2.87. The van der Waals surface area contributed by atoms with E-state index in [0.717, 1.165) is 9.17 Å². The number of nitrogens with zero attached hydrogens (tertiary/aromatic N) is 1. The van der Waals surface area contributed by atoms with E-state index >= 15 is 0 Å². The predicted molar refractivity (Wildman–Crippen MR) is 84.0 cm³/mol. The van der Waals surface area contributed by atoms with E-state index < -0.39 is 5.92 Å². The van der Waals surface area contributed by atoms with Gasteiger partial charge < -0.3 is 9.47 Å². The third kappa shape index (κ3) is 3.41. The van der Waals surface area contributed by atoms with Gasteiger partial charge in [-0.25, -0.2) is 4.98 Å². The second-order valence-electron chi connectivity index (χ2n) is 4.53. The van der Waals surface area contributed by atoms with Gasteiger partial charge in [0.05, 0.1) is 39.7 Å². The number of pyridine rings is 1. The van der Waals surface area contributed by atoms with Crippen LogP contribution in [0.3, 0.4) is 0 Å². The summed E-state index contributed by atoms with van der Waals surface area (Å²) in [5.41, 5.74) is 0.703. The first-order chi connectivity index (χ1) is 9.96. The zero-order chi connectivity index (χ0) is 15.6. The van der Waals surface area contributed by atoms with Crippen molar-refractivity contribution >= 4 is 49.2 Å². The molecule has 0 fully saturated rings. The van der Waals surface area contributed by atoms with Crippen LogP contribution >= 0.6 is 27.3 Å². The highest BCUT2D eigenvalue weighted by Crippen LogP contribution is 2.32. The van der Waals surface area contributed by atoms with Crippen LogP contribution in [0.15, 0.2) is 16.6 Å². The summed E-state index contributed by atoms with van der Waals surface area (Å²) in [5, 5.41) is 0. The lowest BCUT2D eigenvalue weighted by atomic mass is 10.0. The minimum absolute atomic E-state index is 0.0917. The van der Waals surface area contributed by atoms with Gasteiger partial charge >= 0.3 is 5.97 Å². The molecule has 0 saturated carbocycles. The molecule has 0 aliphatic rings. The predicted octanol–water partition coefficient (Wildman–Crippen LogP) is 3.45. The van der Waals surface area contributed by atoms with Gasteiger partial charge in [-0.05, 0) is 28.1 Å². The molecular weight excluding hydrogens is 358 g/mol. The molecule has 5 nitrogen and oxygen atoms in total. The molecule has 0 aromatic carbocycles. The first-order valence-electron chi connectivity index (χ1n) is 6.21. The Morgan fingerprint density at radius 2 is 2.10 bits per heavy atom. The molecule has 0 amide bonds. The monoisotopic (exact) mass is 371 g/mol. The number of aromatic nitrogens is 1. The van der Waals surface area contributed by atoms with Crippen molar-refractivity contribution in [2.24, 2.45) is 5.92 Å². The molecule has 1 atom stereocenters. The number of fused-ring (bicyclic) bond motifs is 1. The van der Waals surface area contributed by atoms with E-state index in [-0.39, 0.29) is 18.2 Å².